The lowest BCUT2D eigenvalue weighted by Gasteiger charge is -2.37. The number of para-hydroxylation sites is 1. The van der Waals surface area contributed by atoms with Crippen molar-refractivity contribution < 1.29 is 14.4 Å². The van der Waals surface area contributed by atoms with Crippen LogP contribution in [0.1, 0.15) is 69.8 Å². The van der Waals surface area contributed by atoms with Crippen LogP contribution in [0.4, 0.5) is 5.69 Å². The molecule has 1 aromatic carbocycles. The molecule has 29 heavy (non-hydrogen) atoms. The van der Waals surface area contributed by atoms with E-state index in [0.717, 1.165) is 62.7 Å². The summed E-state index contributed by atoms with van der Waals surface area (Å²) in [5, 5.41) is 2.98. The fourth-order valence-electron chi connectivity index (χ4n) is 5.37. The fourth-order valence-corrected chi connectivity index (χ4v) is 5.37. The van der Waals surface area contributed by atoms with Crippen LogP contribution in [0.5, 0.6) is 0 Å². The zero-order valence-electron chi connectivity index (χ0n) is 17.2. The molecule has 0 bridgehead atoms. The number of nitrogens with zero attached hydrogens (tertiary/aromatic N) is 1. The lowest BCUT2D eigenvalue weighted by atomic mass is 9.80. The summed E-state index contributed by atoms with van der Waals surface area (Å²) in [5.74, 6) is 0.365. The first kappa shape index (κ1) is 20.1. The summed E-state index contributed by atoms with van der Waals surface area (Å²) >= 11 is 0. The molecule has 4 rings (SSSR count). The molecule has 156 valence electrons. The number of rotatable bonds is 4. The van der Waals surface area contributed by atoms with Gasteiger partial charge in [-0.1, -0.05) is 37.5 Å². The molecule has 0 aromatic heterocycles. The number of Topliss-reactive ketones (excluding diaryl/α,β-unsaturated/α-hetero) is 1. The minimum absolute atomic E-state index is 0.0198. The Morgan fingerprint density at radius 2 is 1.86 bits per heavy atom. The second-order valence-corrected chi connectivity index (χ2v) is 8.91. The van der Waals surface area contributed by atoms with Crippen LogP contribution in [0.25, 0.3) is 0 Å². The van der Waals surface area contributed by atoms with E-state index in [1.54, 1.807) is 0 Å². The Morgan fingerprint density at radius 3 is 2.72 bits per heavy atom. The third kappa shape index (κ3) is 4.54. The van der Waals surface area contributed by atoms with E-state index in [2.05, 4.69) is 5.32 Å². The standard InChI is InChI=1S/C24H32N2O3/c27-22-12-6-4-9-19(22)21-11-2-1-7-15-26(21)23(28)14-13-18-16-17-8-3-5-10-20(17)25-24(18)29/h3,5,8,10,18-19,21H,1-2,4,6-7,9,11-16H2,(H,25,29)/t18-,19+,21-/m0/s1. The van der Waals surface area contributed by atoms with Crippen LogP contribution in [-0.2, 0) is 20.8 Å². The van der Waals surface area contributed by atoms with Crippen LogP contribution in [0.2, 0.25) is 0 Å². The Balaban J connectivity index is 1.41. The van der Waals surface area contributed by atoms with Gasteiger partial charge >= 0.3 is 0 Å². The summed E-state index contributed by atoms with van der Waals surface area (Å²) in [7, 11) is 0. The van der Waals surface area contributed by atoms with Gasteiger partial charge in [0.15, 0.2) is 0 Å². The van der Waals surface area contributed by atoms with Crippen molar-refractivity contribution in [1.29, 1.82) is 0 Å². The highest BCUT2D eigenvalue weighted by Gasteiger charge is 2.37. The Kier molecular flexibility index (Phi) is 6.31. The van der Waals surface area contributed by atoms with Crippen molar-refractivity contribution >= 4 is 23.3 Å². The number of carbonyl (C=O) groups excluding carboxylic acids is 3. The molecule has 0 spiro atoms. The third-order valence-electron chi connectivity index (χ3n) is 7.00. The summed E-state index contributed by atoms with van der Waals surface area (Å²) in [6.45, 7) is 0.757. The molecule has 0 unspecified atom stereocenters. The molecule has 5 heteroatoms. The molecule has 1 saturated heterocycles. The quantitative estimate of drug-likeness (QED) is 0.833. The normalized spacial score (nSPS) is 27.7. The predicted octanol–water partition coefficient (Wildman–Crippen LogP) is 4.11. The van der Waals surface area contributed by atoms with Gasteiger partial charge in [-0.3, -0.25) is 14.4 Å². The molecule has 1 saturated carbocycles. The maximum absolute atomic E-state index is 13.2. The number of ketones is 1. The first-order valence-corrected chi connectivity index (χ1v) is 11.3. The zero-order chi connectivity index (χ0) is 20.2. The molecular formula is C24H32N2O3. The van der Waals surface area contributed by atoms with Crippen molar-refractivity contribution in [3.05, 3.63) is 29.8 Å². The molecule has 1 N–H and O–H groups in total. The van der Waals surface area contributed by atoms with Gasteiger partial charge in [0, 0.05) is 43.0 Å². The van der Waals surface area contributed by atoms with Gasteiger partial charge in [-0.2, -0.15) is 0 Å². The number of hydrogen-bond acceptors (Lipinski definition) is 3. The average Bonchev–Trinajstić information content (AvgIpc) is 2.98. The zero-order valence-corrected chi connectivity index (χ0v) is 17.2. The average molecular weight is 397 g/mol. The lowest BCUT2D eigenvalue weighted by Crippen LogP contribution is -2.47. The van der Waals surface area contributed by atoms with Crippen LogP contribution in [0.3, 0.4) is 0 Å². The van der Waals surface area contributed by atoms with E-state index in [1.165, 1.54) is 0 Å². The van der Waals surface area contributed by atoms with E-state index in [4.69, 9.17) is 0 Å². The van der Waals surface area contributed by atoms with Crippen molar-refractivity contribution in [1.82, 2.24) is 4.90 Å². The molecule has 2 fully saturated rings. The Labute approximate surface area is 173 Å². The molecule has 0 radical (unpaired) electrons. The summed E-state index contributed by atoms with van der Waals surface area (Å²) in [6, 6.07) is 7.95. The van der Waals surface area contributed by atoms with E-state index in [1.807, 2.05) is 29.2 Å². The van der Waals surface area contributed by atoms with Crippen LogP contribution >= 0.6 is 0 Å². The summed E-state index contributed by atoms with van der Waals surface area (Å²) in [6.07, 6.45) is 9.52. The van der Waals surface area contributed by atoms with Crippen molar-refractivity contribution in [2.24, 2.45) is 11.8 Å². The monoisotopic (exact) mass is 396 g/mol. The van der Waals surface area contributed by atoms with Crippen molar-refractivity contribution in [2.75, 3.05) is 11.9 Å². The van der Waals surface area contributed by atoms with E-state index in [-0.39, 0.29) is 29.7 Å². The van der Waals surface area contributed by atoms with E-state index < -0.39 is 0 Å². The Bertz CT molecular complexity index is 775. The topological polar surface area (TPSA) is 66.5 Å². The maximum Gasteiger partial charge on any atom is 0.227 e. The number of hydrogen-bond donors (Lipinski definition) is 1. The van der Waals surface area contributed by atoms with Crippen molar-refractivity contribution in [3.8, 4) is 0 Å². The molecule has 1 aliphatic carbocycles. The van der Waals surface area contributed by atoms with Gasteiger partial charge in [0.05, 0.1) is 0 Å². The van der Waals surface area contributed by atoms with Crippen molar-refractivity contribution in [3.63, 3.8) is 0 Å². The minimum atomic E-state index is -0.157. The number of carbonyl (C=O) groups is 3. The third-order valence-corrected chi connectivity index (χ3v) is 7.00. The minimum Gasteiger partial charge on any atom is -0.339 e. The van der Waals surface area contributed by atoms with Gasteiger partial charge in [0.2, 0.25) is 11.8 Å². The Morgan fingerprint density at radius 1 is 1.03 bits per heavy atom. The van der Waals surface area contributed by atoms with Gasteiger partial charge in [-0.15, -0.1) is 0 Å². The van der Waals surface area contributed by atoms with E-state index >= 15 is 0 Å². The van der Waals surface area contributed by atoms with Crippen LogP contribution < -0.4 is 5.32 Å². The molecular weight excluding hydrogens is 364 g/mol. The molecule has 2 amide bonds. The van der Waals surface area contributed by atoms with Crippen LogP contribution in [0.15, 0.2) is 24.3 Å². The molecule has 1 aromatic rings. The number of nitrogens with one attached hydrogen (secondary N) is 1. The number of likely N-dealkylation sites (tertiary alicyclic amines) is 1. The van der Waals surface area contributed by atoms with E-state index in [9.17, 15) is 14.4 Å². The summed E-state index contributed by atoms with van der Waals surface area (Å²) in [5.41, 5.74) is 2.04. The molecule has 3 aliphatic rings. The largest absolute Gasteiger partial charge is 0.339 e. The molecule has 3 atom stereocenters. The van der Waals surface area contributed by atoms with E-state index in [0.29, 0.717) is 31.5 Å². The first-order chi connectivity index (χ1) is 14.1. The van der Waals surface area contributed by atoms with Gasteiger partial charge in [-0.05, 0) is 50.2 Å². The Hall–Kier alpha value is -2.17. The second kappa shape index (κ2) is 9.10. The van der Waals surface area contributed by atoms with Gasteiger partial charge < -0.3 is 10.2 Å². The van der Waals surface area contributed by atoms with Crippen LogP contribution in [0, 0.1) is 11.8 Å². The fraction of sp³-hybridized carbons (Fsp3) is 0.625. The predicted molar refractivity (Wildman–Crippen MR) is 112 cm³/mol. The summed E-state index contributed by atoms with van der Waals surface area (Å²) in [4.78, 5) is 40.2. The second-order valence-electron chi connectivity index (χ2n) is 8.91. The number of benzene rings is 1. The highest BCUT2D eigenvalue weighted by atomic mass is 16.2. The SMILES string of the molecule is O=C1Nc2ccccc2C[C@@H]1CCC(=O)N1CCCCC[C@H]1[C@H]1CCCCC1=O. The smallest absolute Gasteiger partial charge is 0.227 e. The van der Waals surface area contributed by atoms with Crippen LogP contribution in [-0.4, -0.2) is 35.1 Å². The molecule has 5 nitrogen and oxygen atoms in total. The highest BCUT2D eigenvalue weighted by molar-refractivity contribution is 5.96. The highest BCUT2D eigenvalue weighted by Crippen LogP contribution is 2.33. The van der Waals surface area contributed by atoms with Gasteiger partial charge in [0.25, 0.3) is 0 Å². The first-order valence-electron chi connectivity index (χ1n) is 11.3. The number of fused-ring (bicyclic) bond motifs is 1. The van der Waals surface area contributed by atoms with Gasteiger partial charge in [-0.25, -0.2) is 0 Å². The van der Waals surface area contributed by atoms with Gasteiger partial charge in [0.1, 0.15) is 5.78 Å². The molecule has 2 heterocycles. The van der Waals surface area contributed by atoms with Crippen molar-refractivity contribution in [2.45, 2.75) is 76.7 Å². The number of amides is 2. The summed E-state index contributed by atoms with van der Waals surface area (Å²) < 4.78 is 0. The lowest BCUT2D eigenvalue weighted by molar-refractivity contribution is -0.138. The molecule has 2 aliphatic heterocycles. The maximum atomic E-state index is 13.2. The number of anilines is 1.